The summed E-state index contributed by atoms with van der Waals surface area (Å²) in [4.78, 5) is 52.8. The molecule has 2 unspecified atom stereocenters. The van der Waals surface area contributed by atoms with Crippen LogP contribution in [0.2, 0.25) is 0 Å². The monoisotopic (exact) mass is 690 g/mol. The van der Waals surface area contributed by atoms with Gasteiger partial charge in [-0.2, -0.15) is 0 Å². The van der Waals surface area contributed by atoms with Crippen LogP contribution in [0.3, 0.4) is 0 Å². The first-order valence-electron chi connectivity index (χ1n) is 13.2. The van der Waals surface area contributed by atoms with Crippen LogP contribution in [-0.4, -0.2) is 80.3 Å². The van der Waals surface area contributed by atoms with Crippen molar-refractivity contribution in [1.29, 1.82) is 0 Å². The predicted octanol–water partition coefficient (Wildman–Crippen LogP) is 1.28. The van der Waals surface area contributed by atoms with E-state index in [1.54, 1.807) is 11.6 Å². The van der Waals surface area contributed by atoms with Gasteiger partial charge in [0.15, 0.2) is 34.7 Å². The van der Waals surface area contributed by atoms with E-state index in [0.717, 1.165) is 0 Å². The summed E-state index contributed by atoms with van der Waals surface area (Å²) in [5.74, 6) is 0. The SMILES string of the molecule is Cn1cnc2c(ncn2[C@@H]2C[C@H]3C[C@H]2OP(O)(=S)OC[C@H]2O[C@@H](n4cnc5c(=O)n(C)cnc54)[C@H](F)[C@@H]2OP(=O)(S)O3)c1=O. The molecule has 6 heterocycles. The molecule has 0 radical (unpaired) electrons. The van der Waals surface area contributed by atoms with Crippen LogP contribution in [0.1, 0.15) is 25.1 Å². The lowest BCUT2D eigenvalue weighted by atomic mass is 10.1. The van der Waals surface area contributed by atoms with Crippen LogP contribution in [0.15, 0.2) is 34.9 Å². The Morgan fingerprint density at radius 2 is 1.55 bits per heavy atom. The van der Waals surface area contributed by atoms with Gasteiger partial charge in [0.25, 0.3) is 11.1 Å². The molecule has 1 aliphatic carbocycles. The molecule has 17 nitrogen and oxygen atoms in total. The van der Waals surface area contributed by atoms with Crippen molar-refractivity contribution in [2.24, 2.45) is 14.1 Å². The Morgan fingerprint density at radius 1 is 0.932 bits per heavy atom. The van der Waals surface area contributed by atoms with E-state index in [1.165, 1.54) is 46.1 Å². The van der Waals surface area contributed by atoms with Crippen molar-refractivity contribution in [3.05, 3.63) is 46.0 Å². The molecule has 9 atom stereocenters. The van der Waals surface area contributed by atoms with Crippen LogP contribution in [-0.2, 0) is 53.3 Å². The Morgan fingerprint density at radius 3 is 2.20 bits per heavy atom. The molecular formula is C22H25FN8O9P2S2. The molecule has 4 aromatic rings. The zero-order valence-corrected chi connectivity index (χ0v) is 26.4. The zero-order chi connectivity index (χ0) is 31.1. The maximum absolute atomic E-state index is 16.1. The van der Waals surface area contributed by atoms with E-state index in [-0.39, 0.29) is 40.7 Å². The van der Waals surface area contributed by atoms with Crippen LogP contribution in [0.4, 0.5) is 4.39 Å². The molecule has 3 fully saturated rings. The Balaban J connectivity index is 1.20. The van der Waals surface area contributed by atoms with Gasteiger partial charge in [-0.25, -0.2) is 28.9 Å². The van der Waals surface area contributed by atoms with Gasteiger partial charge in [-0.15, -0.1) is 0 Å². The smallest absolute Gasteiger partial charge is 0.346 e. The number of rotatable bonds is 2. The average molecular weight is 691 g/mol. The second kappa shape index (κ2) is 10.9. The fourth-order valence-electron chi connectivity index (χ4n) is 5.76. The Kier molecular flexibility index (Phi) is 7.48. The van der Waals surface area contributed by atoms with Crippen LogP contribution in [0.25, 0.3) is 22.3 Å². The first-order chi connectivity index (χ1) is 20.8. The first-order valence-corrected chi connectivity index (χ1v) is 18.5. The Labute approximate surface area is 256 Å². The average Bonchev–Trinajstić information content (AvgIpc) is 3.72. The van der Waals surface area contributed by atoms with E-state index >= 15 is 4.39 Å². The molecule has 22 heteroatoms. The molecule has 2 aliphatic heterocycles. The third-order valence-corrected chi connectivity index (χ3v) is 11.0. The number of alkyl halides is 1. The summed E-state index contributed by atoms with van der Waals surface area (Å²) >= 11 is 9.44. The van der Waals surface area contributed by atoms with Crippen molar-refractivity contribution in [2.45, 2.75) is 55.7 Å². The van der Waals surface area contributed by atoms with Gasteiger partial charge in [0.05, 0.1) is 50.2 Å². The van der Waals surface area contributed by atoms with E-state index in [2.05, 4.69) is 32.2 Å². The maximum atomic E-state index is 16.1. The number of hydrogen-bond acceptors (Lipinski definition) is 13. The number of aryl methyl sites for hydroxylation is 2. The standard InChI is InChI=1S/C22H25FN8O9P2S2/c1-28-6-26-18-15(20(28)32)24-8-30(18)11-3-10-4-12(11)39-41(34,43)36-5-13-17(40-42(35,44)38-10)14(23)22(37-13)31-9-25-16-19(31)27-7-29(2)21(16)33/h6-14,17,22H,3-5H2,1-2H3,(H,34,43)(H,35,44)/t10-,11+,12+,13+,14+,17+,22+,41?,42?/m0/s1. The highest BCUT2D eigenvalue weighted by Gasteiger charge is 2.52. The molecule has 0 aromatic carbocycles. The molecule has 44 heavy (non-hydrogen) atoms. The van der Waals surface area contributed by atoms with E-state index in [9.17, 15) is 19.0 Å². The molecular weight excluding hydrogens is 665 g/mol. The summed E-state index contributed by atoms with van der Waals surface area (Å²) in [5, 5.41) is 0. The summed E-state index contributed by atoms with van der Waals surface area (Å²) in [6.45, 7) is -8.77. The molecule has 236 valence electrons. The third kappa shape index (κ3) is 5.20. The number of nitrogens with zero attached hydrogens (tertiary/aromatic N) is 8. The normalized spacial score (nSPS) is 36.3. The largest absolute Gasteiger partial charge is 0.386 e. The summed E-state index contributed by atoms with van der Waals surface area (Å²) in [7, 11) is 3.04. The van der Waals surface area contributed by atoms with Crippen LogP contribution in [0, 0.1) is 0 Å². The van der Waals surface area contributed by atoms with Gasteiger partial charge >= 0.3 is 13.5 Å². The minimum atomic E-state index is -4.26. The lowest BCUT2D eigenvalue weighted by Crippen LogP contribution is -2.34. The molecule has 2 saturated heterocycles. The van der Waals surface area contributed by atoms with Crippen molar-refractivity contribution >= 4 is 59.9 Å². The van der Waals surface area contributed by atoms with E-state index < -0.39 is 68.5 Å². The highest BCUT2D eigenvalue weighted by Crippen LogP contribution is 2.61. The first kappa shape index (κ1) is 30.3. The van der Waals surface area contributed by atoms with Crippen molar-refractivity contribution in [3.63, 3.8) is 0 Å². The lowest BCUT2D eigenvalue weighted by molar-refractivity contribution is -0.0445. The van der Waals surface area contributed by atoms with Gasteiger partial charge in [-0.3, -0.25) is 23.2 Å². The molecule has 1 saturated carbocycles. The highest BCUT2D eigenvalue weighted by atomic mass is 32.7. The number of imidazole rings is 2. The van der Waals surface area contributed by atoms with E-state index in [4.69, 9.17) is 34.6 Å². The van der Waals surface area contributed by atoms with Gasteiger partial charge in [0.1, 0.15) is 12.2 Å². The van der Waals surface area contributed by atoms with Crippen molar-refractivity contribution in [3.8, 4) is 0 Å². The molecule has 3 aliphatic rings. The number of ether oxygens (including phenoxy) is 1. The number of hydrogen-bond donors (Lipinski definition) is 2. The number of fused-ring (bicyclic) bond motifs is 5. The number of aromatic nitrogens is 8. The van der Waals surface area contributed by atoms with Gasteiger partial charge in [-0.1, -0.05) is 12.2 Å². The highest BCUT2D eigenvalue weighted by molar-refractivity contribution is 8.44. The maximum Gasteiger partial charge on any atom is 0.386 e. The third-order valence-electron chi connectivity index (χ3n) is 7.82. The van der Waals surface area contributed by atoms with E-state index in [1.807, 2.05) is 0 Å². The topological polar surface area (TPSA) is 189 Å². The minimum absolute atomic E-state index is 0.0110. The molecule has 1 N–H and O–H groups in total. The Bertz CT molecular complexity index is 2000. The molecule has 0 amide bonds. The van der Waals surface area contributed by atoms with Gasteiger partial charge < -0.3 is 32.4 Å². The summed E-state index contributed by atoms with van der Waals surface area (Å²) in [6.07, 6.45) is -2.49. The molecule has 7 rings (SSSR count). The molecule has 0 spiro atoms. The fraction of sp³-hybridized carbons (Fsp3) is 0.545. The predicted molar refractivity (Wildman–Crippen MR) is 156 cm³/mol. The van der Waals surface area contributed by atoms with Crippen LogP contribution < -0.4 is 11.1 Å². The molecule has 4 aromatic heterocycles. The lowest BCUT2D eigenvalue weighted by Gasteiger charge is -2.28. The zero-order valence-electron chi connectivity index (χ0n) is 22.9. The van der Waals surface area contributed by atoms with Gasteiger partial charge in [-0.05, 0) is 18.2 Å². The Hall–Kier alpha value is -2.38. The van der Waals surface area contributed by atoms with Crippen molar-refractivity contribution < 1.29 is 36.7 Å². The second-order valence-corrected chi connectivity index (χ2v) is 16.3. The van der Waals surface area contributed by atoms with Crippen LogP contribution in [0.5, 0.6) is 0 Å². The molecule has 2 bridgehead atoms. The fourth-order valence-corrected chi connectivity index (χ4v) is 9.12. The summed E-state index contributed by atoms with van der Waals surface area (Å²) in [5.41, 5.74) is -0.378. The van der Waals surface area contributed by atoms with Gasteiger partial charge in [0.2, 0.25) is 0 Å². The van der Waals surface area contributed by atoms with Gasteiger partial charge in [0, 0.05) is 20.5 Å². The summed E-state index contributed by atoms with van der Waals surface area (Å²) < 4.78 is 63.8. The minimum Gasteiger partial charge on any atom is -0.346 e. The number of thiol groups is 1. The van der Waals surface area contributed by atoms with E-state index in [0.29, 0.717) is 0 Å². The quantitative estimate of drug-likeness (QED) is 0.226. The number of halogens is 1. The second-order valence-electron chi connectivity index (χ2n) is 10.7. The summed E-state index contributed by atoms with van der Waals surface area (Å²) in [6, 6.07) is -0.624. The van der Waals surface area contributed by atoms with Crippen molar-refractivity contribution in [2.75, 3.05) is 6.61 Å². The van der Waals surface area contributed by atoms with Crippen molar-refractivity contribution in [1.82, 2.24) is 38.2 Å². The van der Waals surface area contributed by atoms with Crippen LogP contribution >= 0.6 is 25.8 Å².